The first kappa shape index (κ1) is 13.5. The van der Waals surface area contributed by atoms with Crippen LogP contribution in [0.15, 0.2) is 34.2 Å². The van der Waals surface area contributed by atoms with E-state index >= 15 is 0 Å². The fraction of sp³-hybridized carbons (Fsp3) is 0.312. The second-order valence-corrected chi connectivity index (χ2v) is 6.40. The highest BCUT2D eigenvalue weighted by molar-refractivity contribution is 7.04. The molecule has 0 atom stereocenters. The molecule has 112 valence electrons. The molecule has 1 saturated carbocycles. The normalized spacial score (nSPS) is 15.7. The van der Waals surface area contributed by atoms with E-state index in [0.717, 1.165) is 11.1 Å². The molecule has 1 fully saturated rings. The maximum Gasteiger partial charge on any atom is 0.258 e. The van der Waals surface area contributed by atoms with Crippen molar-refractivity contribution in [3.8, 4) is 28.7 Å². The summed E-state index contributed by atoms with van der Waals surface area (Å²) in [6, 6.07) is 8.25. The van der Waals surface area contributed by atoms with Crippen molar-refractivity contribution < 1.29 is 9.26 Å². The zero-order valence-electron chi connectivity index (χ0n) is 12.4. The summed E-state index contributed by atoms with van der Waals surface area (Å²) in [6.07, 6.45) is 2.40. The lowest BCUT2D eigenvalue weighted by Gasteiger charge is -2.11. The second-order valence-electron chi connectivity index (χ2n) is 5.77. The first-order chi connectivity index (χ1) is 10.7. The fourth-order valence-corrected chi connectivity index (χ4v) is 3.25. The summed E-state index contributed by atoms with van der Waals surface area (Å²) in [5.74, 6) is 1.59. The largest absolute Gasteiger partial charge is 0.480 e. The lowest BCUT2D eigenvalue weighted by Crippen LogP contribution is -2.02. The van der Waals surface area contributed by atoms with Gasteiger partial charge in [-0.2, -0.15) is 9.36 Å². The number of nitrogens with zero attached hydrogens (tertiary/aromatic N) is 3. The van der Waals surface area contributed by atoms with E-state index in [1.165, 1.54) is 29.9 Å². The molecule has 4 rings (SSSR count). The molecule has 0 unspecified atom stereocenters. The van der Waals surface area contributed by atoms with E-state index in [9.17, 15) is 0 Å². The summed E-state index contributed by atoms with van der Waals surface area (Å²) in [4.78, 5) is 4.54. The van der Waals surface area contributed by atoms with Gasteiger partial charge in [0.2, 0.25) is 11.7 Å². The van der Waals surface area contributed by atoms with Crippen LogP contribution in [0.2, 0.25) is 0 Å². The Labute approximate surface area is 132 Å². The fourth-order valence-electron chi connectivity index (χ4n) is 2.62. The maximum absolute atomic E-state index is 5.50. The molecule has 5 nitrogen and oxygen atoms in total. The van der Waals surface area contributed by atoms with Crippen molar-refractivity contribution in [2.24, 2.45) is 0 Å². The second kappa shape index (κ2) is 4.91. The predicted octanol–water partition coefficient (Wildman–Crippen LogP) is 3.92. The number of aromatic nitrogens is 3. The molecule has 0 N–H and O–H groups in total. The highest BCUT2D eigenvalue weighted by Crippen LogP contribution is 2.50. The summed E-state index contributed by atoms with van der Waals surface area (Å²) in [5, 5.41) is 5.95. The first-order valence-electron chi connectivity index (χ1n) is 7.13. The van der Waals surface area contributed by atoms with Gasteiger partial charge >= 0.3 is 0 Å². The lowest BCUT2D eigenvalue weighted by molar-refractivity contribution is 0.402. The third-order valence-electron chi connectivity index (χ3n) is 4.20. The van der Waals surface area contributed by atoms with E-state index in [0.29, 0.717) is 17.6 Å². The van der Waals surface area contributed by atoms with E-state index in [4.69, 9.17) is 9.26 Å². The summed E-state index contributed by atoms with van der Waals surface area (Å²) >= 11 is 1.31. The minimum Gasteiger partial charge on any atom is -0.480 e. The average molecular weight is 313 g/mol. The molecule has 2 aromatic heterocycles. The van der Waals surface area contributed by atoms with Gasteiger partial charge in [0.05, 0.1) is 12.7 Å². The molecule has 6 heteroatoms. The van der Waals surface area contributed by atoms with Crippen LogP contribution in [-0.2, 0) is 5.41 Å². The molecule has 2 heterocycles. The van der Waals surface area contributed by atoms with Gasteiger partial charge in [-0.15, -0.1) is 0 Å². The van der Waals surface area contributed by atoms with Crippen LogP contribution < -0.4 is 4.74 Å². The van der Waals surface area contributed by atoms with Crippen LogP contribution in [-0.4, -0.2) is 21.6 Å². The maximum atomic E-state index is 5.50. The zero-order valence-corrected chi connectivity index (χ0v) is 13.2. The zero-order chi connectivity index (χ0) is 15.2. The van der Waals surface area contributed by atoms with Crippen LogP contribution in [0, 0.1) is 0 Å². The van der Waals surface area contributed by atoms with Crippen molar-refractivity contribution in [2.45, 2.75) is 25.2 Å². The van der Waals surface area contributed by atoms with Gasteiger partial charge in [0, 0.05) is 10.9 Å². The molecule has 1 aromatic carbocycles. The minimum absolute atomic E-state index is 0.243. The number of benzene rings is 1. The highest BCUT2D eigenvalue weighted by atomic mass is 32.1. The number of ether oxygens (including phenoxy) is 1. The molecule has 0 bridgehead atoms. The Bertz CT molecular complexity index is 820. The Morgan fingerprint density at radius 1 is 1.23 bits per heavy atom. The van der Waals surface area contributed by atoms with Gasteiger partial charge in [0.15, 0.2) is 0 Å². The van der Waals surface area contributed by atoms with Crippen molar-refractivity contribution >= 4 is 11.5 Å². The number of rotatable bonds is 4. The Morgan fingerprint density at radius 2 is 2.05 bits per heavy atom. The topological polar surface area (TPSA) is 61.0 Å². The van der Waals surface area contributed by atoms with Crippen molar-refractivity contribution in [1.82, 2.24) is 14.5 Å². The van der Waals surface area contributed by atoms with Crippen LogP contribution in [0.4, 0.5) is 0 Å². The van der Waals surface area contributed by atoms with Crippen LogP contribution in [0.25, 0.3) is 22.8 Å². The molecular weight excluding hydrogens is 298 g/mol. The quantitative estimate of drug-likeness (QED) is 0.730. The Hall–Kier alpha value is -2.21. The summed E-state index contributed by atoms with van der Waals surface area (Å²) in [6.45, 7) is 2.27. The number of hydrogen-bond donors (Lipinski definition) is 0. The van der Waals surface area contributed by atoms with E-state index in [-0.39, 0.29) is 5.41 Å². The van der Waals surface area contributed by atoms with Gasteiger partial charge in [-0.25, -0.2) is 0 Å². The monoisotopic (exact) mass is 313 g/mol. The van der Waals surface area contributed by atoms with Crippen molar-refractivity contribution in [3.63, 3.8) is 0 Å². The van der Waals surface area contributed by atoms with Gasteiger partial charge in [-0.05, 0) is 41.4 Å². The minimum atomic E-state index is 0.243. The van der Waals surface area contributed by atoms with Crippen LogP contribution in [0.5, 0.6) is 5.88 Å². The van der Waals surface area contributed by atoms with E-state index in [1.807, 2.05) is 17.5 Å². The SMILES string of the molecule is COc1nscc1-c1noc(-c2ccccc2C2(C)CC2)n1. The summed E-state index contributed by atoms with van der Waals surface area (Å²) < 4.78 is 14.9. The molecule has 1 aliphatic rings. The standard InChI is InChI=1S/C16H15N3O2S/c1-16(7-8-16)12-6-4-3-5-10(12)14-17-13(18-21-14)11-9-22-19-15(11)20-2/h3-6,9H,7-8H2,1-2H3. The molecule has 0 radical (unpaired) electrons. The average Bonchev–Trinajstić information content (AvgIpc) is 2.98. The molecule has 0 spiro atoms. The Balaban J connectivity index is 1.77. The smallest absolute Gasteiger partial charge is 0.258 e. The Morgan fingerprint density at radius 3 is 2.82 bits per heavy atom. The first-order valence-corrected chi connectivity index (χ1v) is 7.97. The van der Waals surface area contributed by atoms with Gasteiger partial charge in [-0.1, -0.05) is 30.3 Å². The molecular formula is C16H15N3O2S. The van der Waals surface area contributed by atoms with E-state index in [1.54, 1.807) is 7.11 Å². The number of methoxy groups -OCH3 is 1. The molecule has 0 saturated heterocycles. The van der Waals surface area contributed by atoms with Gasteiger partial charge in [-0.3, -0.25) is 0 Å². The van der Waals surface area contributed by atoms with Gasteiger partial charge < -0.3 is 9.26 Å². The van der Waals surface area contributed by atoms with Crippen molar-refractivity contribution in [1.29, 1.82) is 0 Å². The Kier molecular flexibility index (Phi) is 3.00. The molecule has 1 aliphatic carbocycles. The van der Waals surface area contributed by atoms with E-state index in [2.05, 4.69) is 33.6 Å². The van der Waals surface area contributed by atoms with Gasteiger partial charge in [0.1, 0.15) is 0 Å². The predicted molar refractivity (Wildman–Crippen MR) is 84.0 cm³/mol. The summed E-state index contributed by atoms with van der Waals surface area (Å²) in [5.41, 5.74) is 3.30. The van der Waals surface area contributed by atoms with Crippen LogP contribution in [0.1, 0.15) is 25.3 Å². The number of hydrogen-bond acceptors (Lipinski definition) is 6. The van der Waals surface area contributed by atoms with Crippen LogP contribution >= 0.6 is 11.5 Å². The van der Waals surface area contributed by atoms with E-state index < -0.39 is 0 Å². The van der Waals surface area contributed by atoms with Crippen LogP contribution in [0.3, 0.4) is 0 Å². The third kappa shape index (κ3) is 2.11. The highest BCUT2D eigenvalue weighted by Gasteiger charge is 2.41. The lowest BCUT2D eigenvalue weighted by atomic mass is 9.93. The van der Waals surface area contributed by atoms with Crippen molar-refractivity contribution in [3.05, 3.63) is 35.2 Å². The van der Waals surface area contributed by atoms with Crippen molar-refractivity contribution in [2.75, 3.05) is 7.11 Å². The molecule has 0 amide bonds. The molecule has 3 aromatic rings. The molecule has 0 aliphatic heterocycles. The third-order valence-corrected chi connectivity index (χ3v) is 4.82. The van der Waals surface area contributed by atoms with Gasteiger partial charge in [0.25, 0.3) is 5.89 Å². The summed E-state index contributed by atoms with van der Waals surface area (Å²) in [7, 11) is 1.59. The molecule has 22 heavy (non-hydrogen) atoms.